The molecule has 1 aromatic carbocycles. The number of thiazole rings is 1. The van der Waals surface area contributed by atoms with Crippen molar-refractivity contribution < 1.29 is 8.78 Å². The molecule has 4 rings (SSSR count). The number of thioether (sulfide) groups is 1. The molecule has 0 N–H and O–H groups in total. The fraction of sp³-hybridized carbons (Fsp3) is 0.368. The molecule has 2 aromatic rings. The molecular weight excluding hydrogens is 432 g/mol. The zero-order chi connectivity index (χ0) is 20.2. The Hall–Kier alpha value is -1.62. The van der Waals surface area contributed by atoms with Crippen LogP contribution in [0.5, 0.6) is 0 Å². The van der Waals surface area contributed by atoms with E-state index in [-0.39, 0.29) is 23.0 Å². The van der Waals surface area contributed by atoms with E-state index in [0.29, 0.717) is 12.3 Å². The van der Waals surface area contributed by atoms with Crippen molar-refractivity contribution in [3.63, 3.8) is 0 Å². The van der Waals surface area contributed by atoms with Crippen LogP contribution in [0.25, 0.3) is 0 Å². The number of nitrogens with zero attached hydrogens (tertiary/aromatic N) is 5. The minimum atomic E-state index is -2.56. The lowest BCUT2D eigenvalue weighted by Gasteiger charge is -2.36. The molecule has 3 heterocycles. The Morgan fingerprint density at radius 2 is 1.93 bits per heavy atom. The molecule has 2 aliphatic heterocycles. The summed E-state index contributed by atoms with van der Waals surface area (Å²) in [6.45, 7) is 2.66. The Balaban J connectivity index is 1.51. The minimum Gasteiger partial charge on any atom is -0.304 e. The number of halogens is 2. The average molecular weight is 454 g/mol. The van der Waals surface area contributed by atoms with Crippen molar-refractivity contribution in [2.45, 2.75) is 19.4 Å². The Kier molecular flexibility index (Phi) is 6.74. The van der Waals surface area contributed by atoms with Crippen LogP contribution in [0.3, 0.4) is 0 Å². The SMILES string of the molecule is C=S(N1CCSCC1)N(Cc1ncc(C2=NN=C(C(F)F)C2)s1)c1ccccc1. The van der Waals surface area contributed by atoms with Crippen molar-refractivity contribution >= 4 is 56.9 Å². The zero-order valence-corrected chi connectivity index (χ0v) is 18.2. The molecule has 1 fully saturated rings. The fourth-order valence-corrected chi connectivity index (χ4v) is 6.67. The van der Waals surface area contributed by atoms with E-state index in [2.05, 4.69) is 41.8 Å². The highest BCUT2D eigenvalue weighted by Crippen LogP contribution is 2.34. The molecule has 154 valence electrons. The molecule has 1 saturated heterocycles. The van der Waals surface area contributed by atoms with Crippen LogP contribution in [0.2, 0.25) is 0 Å². The van der Waals surface area contributed by atoms with E-state index < -0.39 is 6.43 Å². The summed E-state index contributed by atoms with van der Waals surface area (Å²) in [4.78, 5) is 5.33. The number of para-hydroxylation sites is 1. The van der Waals surface area contributed by atoms with Gasteiger partial charge >= 0.3 is 0 Å². The number of alkyl halides is 2. The van der Waals surface area contributed by atoms with Crippen molar-refractivity contribution in [3.05, 3.63) is 46.4 Å². The molecule has 10 heteroatoms. The van der Waals surface area contributed by atoms with Crippen LogP contribution in [0, 0.1) is 0 Å². The van der Waals surface area contributed by atoms with Crippen LogP contribution >= 0.6 is 34.0 Å². The van der Waals surface area contributed by atoms with Crippen LogP contribution in [0.15, 0.2) is 46.7 Å². The topological polar surface area (TPSA) is 44.1 Å². The van der Waals surface area contributed by atoms with Gasteiger partial charge in [0.1, 0.15) is 10.7 Å². The van der Waals surface area contributed by atoms with E-state index in [1.54, 1.807) is 6.20 Å². The van der Waals surface area contributed by atoms with Gasteiger partial charge in [0.2, 0.25) is 0 Å². The van der Waals surface area contributed by atoms with Gasteiger partial charge < -0.3 is 4.31 Å². The quantitative estimate of drug-likeness (QED) is 0.577. The lowest BCUT2D eigenvalue weighted by Crippen LogP contribution is -2.33. The van der Waals surface area contributed by atoms with E-state index in [1.807, 2.05) is 30.0 Å². The minimum absolute atomic E-state index is 0.0901. The molecule has 0 spiro atoms. The van der Waals surface area contributed by atoms with Gasteiger partial charge in [0, 0.05) is 42.9 Å². The van der Waals surface area contributed by atoms with Crippen molar-refractivity contribution in [1.82, 2.24) is 9.29 Å². The van der Waals surface area contributed by atoms with Gasteiger partial charge in [0.05, 0.1) is 17.1 Å². The number of rotatable bonds is 7. The Morgan fingerprint density at radius 3 is 2.62 bits per heavy atom. The number of hydrogen-bond acceptors (Lipinski definition) is 7. The molecule has 0 radical (unpaired) electrons. The van der Waals surface area contributed by atoms with E-state index in [1.165, 1.54) is 11.3 Å². The lowest BCUT2D eigenvalue weighted by molar-refractivity contribution is 0.224. The smallest absolute Gasteiger partial charge is 0.278 e. The second-order valence-electron chi connectivity index (χ2n) is 6.49. The van der Waals surface area contributed by atoms with Crippen LogP contribution in [0.1, 0.15) is 16.3 Å². The summed E-state index contributed by atoms with van der Waals surface area (Å²) in [7, 11) is -0.332. The summed E-state index contributed by atoms with van der Waals surface area (Å²) in [6.07, 6.45) is -0.759. The number of benzene rings is 1. The highest BCUT2D eigenvalue weighted by molar-refractivity contribution is 8.13. The van der Waals surface area contributed by atoms with Crippen LogP contribution < -0.4 is 4.31 Å². The summed E-state index contributed by atoms with van der Waals surface area (Å²) < 4.78 is 30.3. The van der Waals surface area contributed by atoms with Crippen LogP contribution in [-0.4, -0.2) is 57.6 Å². The highest BCUT2D eigenvalue weighted by Gasteiger charge is 2.24. The van der Waals surface area contributed by atoms with Gasteiger partial charge in [-0.25, -0.2) is 18.1 Å². The molecule has 2 aliphatic rings. The molecule has 1 unspecified atom stereocenters. The molecule has 0 aliphatic carbocycles. The highest BCUT2D eigenvalue weighted by atomic mass is 32.2. The first-order valence-corrected chi connectivity index (χ1v) is 12.5. The predicted molar refractivity (Wildman–Crippen MR) is 123 cm³/mol. The van der Waals surface area contributed by atoms with Crippen molar-refractivity contribution in [2.24, 2.45) is 10.2 Å². The first kappa shape index (κ1) is 20.6. The van der Waals surface area contributed by atoms with Gasteiger partial charge in [-0.3, -0.25) is 0 Å². The summed E-state index contributed by atoms with van der Waals surface area (Å²) in [5.41, 5.74) is 1.49. The van der Waals surface area contributed by atoms with Crippen molar-refractivity contribution in [2.75, 3.05) is 28.9 Å². The lowest BCUT2D eigenvalue weighted by atomic mass is 10.2. The molecule has 5 nitrogen and oxygen atoms in total. The van der Waals surface area contributed by atoms with E-state index >= 15 is 0 Å². The number of hydrogen-bond donors (Lipinski definition) is 0. The second-order valence-corrected chi connectivity index (χ2v) is 10.5. The zero-order valence-electron chi connectivity index (χ0n) is 15.7. The van der Waals surface area contributed by atoms with Gasteiger partial charge in [0.25, 0.3) is 6.43 Å². The van der Waals surface area contributed by atoms with Gasteiger partial charge in [-0.2, -0.15) is 22.0 Å². The molecule has 1 atom stereocenters. The van der Waals surface area contributed by atoms with E-state index in [4.69, 9.17) is 0 Å². The Labute approximate surface area is 179 Å². The van der Waals surface area contributed by atoms with Crippen LogP contribution in [-0.2, 0) is 6.54 Å². The Bertz CT molecular complexity index is 923. The number of anilines is 1. The summed E-state index contributed by atoms with van der Waals surface area (Å²) >= 11 is 3.46. The maximum absolute atomic E-state index is 12.8. The first-order chi connectivity index (χ1) is 14.1. The summed E-state index contributed by atoms with van der Waals surface area (Å²) in [5, 5.41) is 8.44. The van der Waals surface area contributed by atoms with Gasteiger partial charge in [-0.05, 0) is 28.9 Å². The maximum atomic E-state index is 12.8. The summed E-state index contributed by atoms with van der Waals surface area (Å²) in [6, 6.07) is 10.2. The van der Waals surface area contributed by atoms with E-state index in [0.717, 1.165) is 40.2 Å². The predicted octanol–water partition coefficient (Wildman–Crippen LogP) is 4.54. The van der Waals surface area contributed by atoms with Gasteiger partial charge in [-0.15, -0.1) is 11.3 Å². The normalized spacial score (nSPS) is 18.6. The monoisotopic (exact) mass is 453 g/mol. The fourth-order valence-electron chi connectivity index (χ4n) is 3.04. The third kappa shape index (κ3) is 4.93. The molecule has 1 aromatic heterocycles. The van der Waals surface area contributed by atoms with Gasteiger partial charge in [0.15, 0.2) is 0 Å². The molecule has 0 saturated carbocycles. The molecule has 0 bridgehead atoms. The third-order valence-corrected chi connectivity index (χ3v) is 8.37. The molecular formula is C19H21F2N5S3. The summed E-state index contributed by atoms with van der Waals surface area (Å²) in [5.74, 6) is 6.71. The van der Waals surface area contributed by atoms with Crippen molar-refractivity contribution in [3.8, 4) is 0 Å². The van der Waals surface area contributed by atoms with Gasteiger partial charge in [-0.1, -0.05) is 18.2 Å². The maximum Gasteiger partial charge on any atom is 0.278 e. The number of aromatic nitrogens is 1. The van der Waals surface area contributed by atoms with Crippen LogP contribution in [0.4, 0.5) is 14.5 Å². The molecule has 29 heavy (non-hydrogen) atoms. The average Bonchev–Trinajstić information content (AvgIpc) is 3.42. The third-order valence-electron chi connectivity index (χ3n) is 4.58. The Morgan fingerprint density at radius 1 is 1.17 bits per heavy atom. The standard InChI is InChI=1S/C19H21F2N5S3/c1-29(25-7-9-27-10-8-25)26(14-5-3-2-4-6-14)13-18-22-12-17(28-18)15-11-16(19(20)21)24-23-15/h2-6,12,19H,1,7-11,13H2. The van der Waals surface area contributed by atoms with E-state index in [9.17, 15) is 8.78 Å². The first-order valence-electron chi connectivity index (χ1n) is 9.18. The molecule has 0 amide bonds. The second kappa shape index (κ2) is 9.46. The van der Waals surface area contributed by atoms with Crippen molar-refractivity contribution in [1.29, 1.82) is 0 Å². The largest absolute Gasteiger partial charge is 0.304 e.